The number of nitrogens with zero attached hydrogens (tertiary/aromatic N) is 2. The van der Waals surface area contributed by atoms with Crippen LogP contribution in [0.2, 0.25) is 0 Å². The van der Waals surface area contributed by atoms with Crippen molar-refractivity contribution in [2.24, 2.45) is 5.73 Å². The summed E-state index contributed by atoms with van der Waals surface area (Å²) in [5.41, 5.74) is 7.80. The highest BCUT2D eigenvalue weighted by Gasteiger charge is 2.26. The summed E-state index contributed by atoms with van der Waals surface area (Å²) in [6.07, 6.45) is 0. The van der Waals surface area contributed by atoms with E-state index in [1.165, 1.54) is 6.07 Å². The second-order valence-corrected chi connectivity index (χ2v) is 5.67. The third kappa shape index (κ3) is 3.32. The summed E-state index contributed by atoms with van der Waals surface area (Å²) in [5.74, 6) is -0.178. The lowest BCUT2D eigenvalue weighted by atomic mass is 10.0. The molecule has 1 heterocycles. The maximum atomic E-state index is 13.4. The molecular formula is C15H24FN3. The molecule has 3 nitrogen and oxygen atoms in total. The number of halogens is 1. The molecule has 0 radical (unpaired) electrons. The zero-order chi connectivity index (χ0) is 14.0. The minimum absolute atomic E-state index is 0.178. The van der Waals surface area contributed by atoms with Crippen LogP contribution in [0.15, 0.2) is 18.2 Å². The Labute approximate surface area is 115 Å². The zero-order valence-electron chi connectivity index (χ0n) is 12.1. The van der Waals surface area contributed by atoms with Crippen molar-refractivity contribution in [2.75, 3.05) is 20.1 Å². The van der Waals surface area contributed by atoms with Gasteiger partial charge in [0, 0.05) is 38.3 Å². The molecule has 1 aliphatic heterocycles. The van der Waals surface area contributed by atoms with E-state index in [1.807, 2.05) is 0 Å². The Morgan fingerprint density at radius 3 is 2.42 bits per heavy atom. The molecule has 106 valence electrons. The van der Waals surface area contributed by atoms with Gasteiger partial charge in [-0.05, 0) is 44.2 Å². The lowest BCUT2D eigenvalue weighted by Crippen LogP contribution is -2.54. The molecule has 1 aromatic rings. The van der Waals surface area contributed by atoms with Crippen molar-refractivity contribution >= 4 is 0 Å². The van der Waals surface area contributed by atoms with Gasteiger partial charge >= 0.3 is 0 Å². The zero-order valence-corrected chi connectivity index (χ0v) is 12.1. The summed E-state index contributed by atoms with van der Waals surface area (Å²) < 4.78 is 13.4. The maximum absolute atomic E-state index is 13.4. The molecular weight excluding hydrogens is 241 g/mol. The Kier molecular flexibility index (Phi) is 4.55. The number of hydrogen-bond donors (Lipinski definition) is 1. The molecule has 1 aromatic carbocycles. The van der Waals surface area contributed by atoms with Crippen molar-refractivity contribution in [1.29, 1.82) is 0 Å². The van der Waals surface area contributed by atoms with E-state index >= 15 is 0 Å². The lowest BCUT2D eigenvalue weighted by Gasteiger charge is -2.42. The van der Waals surface area contributed by atoms with Gasteiger partial charge < -0.3 is 5.73 Å². The van der Waals surface area contributed by atoms with Crippen LogP contribution in [0.25, 0.3) is 0 Å². The standard InChI is InChI=1S/C15H24FN3/c1-11-8-19(9-12(2)18(11)3)10-14-6-15(16)5-4-13(14)7-17/h4-6,11-12H,7-10,17H2,1-3H3. The van der Waals surface area contributed by atoms with Crippen LogP contribution >= 0.6 is 0 Å². The molecule has 0 aliphatic carbocycles. The molecule has 0 amide bonds. The largest absolute Gasteiger partial charge is 0.326 e. The van der Waals surface area contributed by atoms with Crippen LogP contribution < -0.4 is 5.73 Å². The first kappa shape index (κ1) is 14.4. The highest BCUT2D eigenvalue weighted by Crippen LogP contribution is 2.18. The van der Waals surface area contributed by atoms with Crippen molar-refractivity contribution in [3.05, 3.63) is 35.1 Å². The summed E-state index contributed by atoms with van der Waals surface area (Å²) in [6.45, 7) is 7.75. The summed E-state index contributed by atoms with van der Waals surface area (Å²) in [7, 11) is 2.17. The van der Waals surface area contributed by atoms with E-state index < -0.39 is 0 Å². The molecule has 19 heavy (non-hydrogen) atoms. The fraction of sp³-hybridized carbons (Fsp3) is 0.600. The van der Waals surface area contributed by atoms with Gasteiger partial charge in [0.2, 0.25) is 0 Å². The fourth-order valence-electron chi connectivity index (χ4n) is 2.82. The number of piperazine rings is 1. The van der Waals surface area contributed by atoms with Crippen LogP contribution in [-0.4, -0.2) is 42.0 Å². The quantitative estimate of drug-likeness (QED) is 0.904. The predicted molar refractivity (Wildman–Crippen MR) is 76.3 cm³/mol. The number of benzene rings is 1. The van der Waals surface area contributed by atoms with Crippen LogP contribution in [-0.2, 0) is 13.1 Å². The minimum Gasteiger partial charge on any atom is -0.326 e. The van der Waals surface area contributed by atoms with Crippen LogP contribution in [0, 0.1) is 5.82 Å². The summed E-state index contributed by atoms with van der Waals surface area (Å²) in [5, 5.41) is 0. The minimum atomic E-state index is -0.178. The van der Waals surface area contributed by atoms with E-state index in [-0.39, 0.29) is 5.82 Å². The first-order valence-electron chi connectivity index (χ1n) is 6.93. The van der Waals surface area contributed by atoms with Crippen molar-refractivity contribution in [1.82, 2.24) is 9.80 Å². The van der Waals surface area contributed by atoms with Crippen molar-refractivity contribution < 1.29 is 4.39 Å². The normalized spacial score (nSPS) is 25.7. The molecule has 1 fully saturated rings. The first-order valence-corrected chi connectivity index (χ1v) is 6.93. The molecule has 4 heteroatoms. The molecule has 1 aliphatic rings. The molecule has 2 unspecified atom stereocenters. The van der Waals surface area contributed by atoms with Gasteiger partial charge in [-0.3, -0.25) is 9.80 Å². The topological polar surface area (TPSA) is 32.5 Å². The monoisotopic (exact) mass is 265 g/mol. The van der Waals surface area contributed by atoms with Crippen LogP contribution in [0.3, 0.4) is 0 Å². The summed E-state index contributed by atoms with van der Waals surface area (Å²) in [4.78, 5) is 4.79. The van der Waals surface area contributed by atoms with Gasteiger partial charge in [-0.1, -0.05) is 6.07 Å². The van der Waals surface area contributed by atoms with Gasteiger partial charge in [-0.2, -0.15) is 0 Å². The first-order chi connectivity index (χ1) is 9.01. The Morgan fingerprint density at radius 2 is 1.84 bits per heavy atom. The number of nitrogens with two attached hydrogens (primary N) is 1. The summed E-state index contributed by atoms with van der Waals surface area (Å²) in [6, 6.07) is 5.96. The van der Waals surface area contributed by atoms with Crippen molar-refractivity contribution in [3.63, 3.8) is 0 Å². The maximum Gasteiger partial charge on any atom is 0.123 e. The molecule has 0 aromatic heterocycles. The van der Waals surface area contributed by atoms with Crippen LogP contribution in [0.1, 0.15) is 25.0 Å². The van der Waals surface area contributed by atoms with Gasteiger partial charge in [-0.15, -0.1) is 0 Å². The molecule has 2 N–H and O–H groups in total. The van der Waals surface area contributed by atoms with E-state index in [2.05, 4.69) is 30.7 Å². The second-order valence-electron chi connectivity index (χ2n) is 5.67. The molecule has 2 rings (SSSR count). The highest BCUT2D eigenvalue weighted by atomic mass is 19.1. The van der Waals surface area contributed by atoms with Gasteiger partial charge in [0.25, 0.3) is 0 Å². The fourth-order valence-corrected chi connectivity index (χ4v) is 2.82. The third-order valence-electron chi connectivity index (χ3n) is 4.22. The Bertz CT molecular complexity index is 423. The Balaban J connectivity index is 2.11. The predicted octanol–water partition coefficient (Wildman–Crippen LogP) is 1.81. The van der Waals surface area contributed by atoms with Gasteiger partial charge in [0.05, 0.1) is 0 Å². The van der Waals surface area contributed by atoms with E-state index in [0.717, 1.165) is 30.8 Å². The number of likely N-dealkylation sites (N-methyl/N-ethyl adjacent to an activating group) is 1. The molecule has 1 saturated heterocycles. The van der Waals surface area contributed by atoms with Crippen molar-refractivity contribution in [2.45, 2.75) is 39.0 Å². The van der Waals surface area contributed by atoms with E-state index in [4.69, 9.17) is 5.73 Å². The number of hydrogen-bond acceptors (Lipinski definition) is 3. The van der Waals surface area contributed by atoms with Crippen molar-refractivity contribution in [3.8, 4) is 0 Å². The highest BCUT2D eigenvalue weighted by molar-refractivity contribution is 5.27. The van der Waals surface area contributed by atoms with E-state index in [9.17, 15) is 4.39 Å². The smallest absolute Gasteiger partial charge is 0.123 e. The SMILES string of the molecule is CC1CN(Cc2cc(F)ccc2CN)CC(C)N1C. The molecule has 0 saturated carbocycles. The average Bonchev–Trinajstić information content (AvgIpc) is 2.36. The molecule has 0 bridgehead atoms. The van der Waals surface area contributed by atoms with E-state index in [0.29, 0.717) is 18.6 Å². The van der Waals surface area contributed by atoms with Crippen LogP contribution in [0.5, 0.6) is 0 Å². The van der Waals surface area contributed by atoms with E-state index in [1.54, 1.807) is 12.1 Å². The third-order valence-corrected chi connectivity index (χ3v) is 4.22. The summed E-state index contributed by atoms with van der Waals surface area (Å²) >= 11 is 0. The average molecular weight is 265 g/mol. The molecule has 2 atom stereocenters. The molecule has 0 spiro atoms. The van der Waals surface area contributed by atoms with Gasteiger partial charge in [-0.25, -0.2) is 4.39 Å². The van der Waals surface area contributed by atoms with Crippen LogP contribution in [0.4, 0.5) is 4.39 Å². The van der Waals surface area contributed by atoms with Gasteiger partial charge in [0.1, 0.15) is 5.82 Å². The Morgan fingerprint density at radius 1 is 1.21 bits per heavy atom. The lowest BCUT2D eigenvalue weighted by molar-refractivity contribution is 0.0554. The van der Waals surface area contributed by atoms with Gasteiger partial charge in [0.15, 0.2) is 0 Å². The second kappa shape index (κ2) is 5.99. The number of rotatable bonds is 3. The Hall–Kier alpha value is -0.970.